The fourth-order valence-corrected chi connectivity index (χ4v) is 2.29. The lowest BCUT2D eigenvalue weighted by Crippen LogP contribution is -2.24. The number of aliphatic imine (C=N–C) groups is 1. The zero-order valence-electron chi connectivity index (χ0n) is 12.3. The second-order valence-corrected chi connectivity index (χ2v) is 5.08. The molecule has 1 N–H and O–H groups in total. The second-order valence-electron chi connectivity index (χ2n) is 5.08. The average molecular weight is 272 g/mol. The Labute approximate surface area is 118 Å². The minimum Gasteiger partial charge on any atom is -0.506 e. The number of benzene rings is 1. The molecule has 2 aromatic rings. The van der Waals surface area contributed by atoms with Crippen LogP contribution in [-0.4, -0.2) is 21.4 Å². The maximum atomic E-state index is 12.4. The zero-order chi connectivity index (χ0) is 14.9. The van der Waals surface area contributed by atoms with Crippen LogP contribution in [0, 0.1) is 0 Å². The molecule has 0 spiro atoms. The SMILES string of the molecule is CC[C@@H](C)N=C(C)c1c(O)c2ccccc2n(C)c1=O. The second kappa shape index (κ2) is 5.49. The Bertz CT molecular complexity index is 729. The van der Waals surface area contributed by atoms with Crippen molar-refractivity contribution in [3.63, 3.8) is 0 Å². The number of rotatable bonds is 3. The summed E-state index contributed by atoms with van der Waals surface area (Å²) >= 11 is 0. The first-order valence-electron chi connectivity index (χ1n) is 6.82. The van der Waals surface area contributed by atoms with Crippen LogP contribution >= 0.6 is 0 Å². The minimum absolute atomic E-state index is 0.0215. The molecule has 0 aliphatic carbocycles. The van der Waals surface area contributed by atoms with Crippen molar-refractivity contribution in [1.29, 1.82) is 0 Å². The van der Waals surface area contributed by atoms with Crippen LogP contribution in [0.25, 0.3) is 10.9 Å². The van der Waals surface area contributed by atoms with Crippen molar-refractivity contribution in [2.75, 3.05) is 0 Å². The predicted molar refractivity (Wildman–Crippen MR) is 82.8 cm³/mol. The first kappa shape index (κ1) is 14.3. The molecule has 0 unspecified atom stereocenters. The first-order valence-corrected chi connectivity index (χ1v) is 6.82. The minimum atomic E-state index is -0.217. The maximum absolute atomic E-state index is 12.4. The van der Waals surface area contributed by atoms with Crippen LogP contribution in [0.15, 0.2) is 34.1 Å². The largest absolute Gasteiger partial charge is 0.506 e. The van der Waals surface area contributed by atoms with Crippen LogP contribution in [0.2, 0.25) is 0 Å². The number of para-hydroxylation sites is 1. The Kier molecular flexibility index (Phi) is 3.93. The summed E-state index contributed by atoms with van der Waals surface area (Å²) in [6.07, 6.45) is 0.895. The summed E-state index contributed by atoms with van der Waals surface area (Å²) in [5, 5.41) is 11.1. The Morgan fingerprint density at radius 2 is 2.05 bits per heavy atom. The molecular weight excluding hydrogens is 252 g/mol. The van der Waals surface area contributed by atoms with E-state index >= 15 is 0 Å². The van der Waals surface area contributed by atoms with Crippen molar-refractivity contribution in [2.24, 2.45) is 12.0 Å². The summed E-state index contributed by atoms with van der Waals surface area (Å²) in [5.74, 6) is 0.0215. The van der Waals surface area contributed by atoms with E-state index in [1.54, 1.807) is 18.5 Å². The quantitative estimate of drug-likeness (QED) is 0.873. The molecule has 20 heavy (non-hydrogen) atoms. The van der Waals surface area contributed by atoms with Gasteiger partial charge in [-0.25, -0.2) is 0 Å². The van der Waals surface area contributed by atoms with Gasteiger partial charge in [-0.3, -0.25) is 9.79 Å². The molecule has 1 atom stereocenters. The molecule has 106 valence electrons. The number of aromatic nitrogens is 1. The number of aryl methyl sites for hydroxylation is 1. The number of hydrogen-bond acceptors (Lipinski definition) is 3. The molecular formula is C16H20N2O2. The lowest BCUT2D eigenvalue weighted by atomic mass is 10.1. The van der Waals surface area contributed by atoms with Gasteiger partial charge in [-0.1, -0.05) is 19.1 Å². The van der Waals surface area contributed by atoms with E-state index in [1.807, 2.05) is 38.1 Å². The van der Waals surface area contributed by atoms with Gasteiger partial charge in [-0.15, -0.1) is 0 Å². The van der Waals surface area contributed by atoms with Crippen LogP contribution in [0.5, 0.6) is 5.75 Å². The van der Waals surface area contributed by atoms with E-state index in [-0.39, 0.29) is 17.4 Å². The van der Waals surface area contributed by atoms with E-state index in [0.29, 0.717) is 16.7 Å². The summed E-state index contributed by atoms with van der Waals surface area (Å²) in [4.78, 5) is 16.9. The van der Waals surface area contributed by atoms with Gasteiger partial charge < -0.3 is 9.67 Å². The predicted octanol–water partition coefficient (Wildman–Crippen LogP) is 2.85. The summed E-state index contributed by atoms with van der Waals surface area (Å²) in [6, 6.07) is 7.45. The Morgan fingerprint density at radius 1 is 1.40 bits per heavy atom. The number of aromatic hydroxyl groups is 1. The van der Waals surface area contributed by atoms with E-state index in [1.165, 1.54) is 0 Å². The first-order chi connectivity index (χ1) is 9.47. The summed E-state index contributed by atoms with van der Waals surface area (Å²) in [6.45, 7) is 5.81. The molecule has 2 rings (SSSR count). The third kappa shape index (κ3) is 2.33. The lowest BCUT2D eigenvalue weighted by molar-refractivity contribution is 0.478. The normalized spacial score (nSPS) is 13.7. The van der Waals surface area contributed by atoms with Crippen molar-refractivity contribution >= 4 is 16.6 Å². The lowest BCUT2D eigenvalue weighted by Gasteiger charge is -2.12. The Morgan fingerprint density at radius 3 is 2.70 bits per heavy atom. The highest BCUT2D eigenvalue weighted by molar-refractivity contribution is 6.05. The van der Waals surface area contributed by atoms with E-state index in [4.69, 9.17) is 0 Å². The zero-order valence-corrected chi connectivity index (χ0v) is 12.3. The number of nitrogens with zero attached hydrogens (tertiary/aromatic N) is 2. The van der Waals surface area contributed by atoms with Gasteiger partial charge in [-0.05, 0) is 32.4 Å². The third-order valence-corrected chi connectivity index (χ3v) is 3.64. The molecule has 0 aliphatic rings. The van der Waals surface area contributed by atoms with Crippen LogP contribution < -0.4 is 5.56 Å². The molecule has 0 aliphatic heterocycles. The van der Waals surface area contributed by atoms with Crippen molar-refractivity contribution in [1.82, 2.24) is 4.57 Å². The van der Waals surface area contributed by atoms with Crippen LogP contribution in [-0.2, 0) is 7.05 Å². The van der Waals surface area contributed by atoms with Crippen LogP contribution in [0.1, 0.15) is 32.8 Å². The van der Waals surface area contributed by atoms with Gasteiger partial charge in [0.2, 0.25) is 0 Å². The molecule has 1 aromatic carbocycles. The van der Waals surface area contributed by atoms with Gasteiger partial charge in [0.25, 0.3) is 5.56 Å². The summed E-state index contributed by atoms with van der Waals surface area (Å²) in [5.41, 5.74) is 1.38. The van der Waals surface area contributed by atoms with Crippen molar-refractivity contribution in [3.05, 3.63) is 40.2 Å². The van der Waals surface area contributed by atoms with E-state index < -0.39 is 0 Å². The molecule has 1 aromatic heterocycles. The standard InChI is InChI=1S/C16H20N2O2/c1-5-10(2)17-11(3)14-15(19)12-8-6-7-9-13(12)18(4)16(14)20/h6-10,19H,5H2,1-4H3/t10-/m1/s1. The van der Waals surface area contributed by atoms with Gasteiger partial charge >= 0.3 is 0 Å². The molecule has 4 nitrogen and oxygen atoms in total. The number of hydrogen-bond donors (Lipinski definition) is 1. The molecule has 1 heterocycles. The maximum Gasteiger partial charge on any atom is 0.263 e. The van der Waals surface area contributed by atoms with Gasteiger partial charge in [0.15, 0.2) is 0 Å². The van der Waals surface area contributed by atoms with Gasteiger partial charge in [0, 0.05) is 24.2 Å². The fourth-order valence-electron chi connectivity index (χ4n) is 2.29. The summed E-state index contributed by atoms with van der Waals surface area (Å²) in [7, 11) is 1.71. The van der Waals surface area contributed by atoms with Crippen molar-refractivity contribution < 1.29 is 5.11 Å². The average Bonchev–Trinajstić information content (AvgIpc) is 2.45. The monoisotopic (exact) mass is 272 g/mol. The van der Waals surface area contributed by atoms with Crippen LogP contribution in [0.4, 0.5) is 0 Å². The molecule has 0 amide bonds. The topological polar surface area (TPSA) is 54.6 Å². The smallest absolute Gasteiger partial charge is 0.263 e. The summed E-state index contributed by atoms with van der Waals surface area (Å²) < 4.78 is 1.56. The molecule has 0 saturated carbocycles. The fraction of sp³-hybridized carbons (Fsp3) is 0.375. The van der Waals surface area contributed by atoms with E-state index in [0.717, 1.165) is 11.9 Å². The molecule has 0 saturated heterocycles. The highest BCUT2D eigenvalue weighted by Crippen LogP contribution is 2.26. The third-order valence-electron chi connectivity index (χ3n) is 3.64. The number of pyridine rings is 1. The highest BCUT2D eigenvalue weighted by atomic mass is 16.3. The van der Waals surface area contributed by atoms with Crippen molar-refractivity contribution in [2.45, 2.75) is 33.2 Å². The van der Waals surface area contributed by atoms with E-state index in [2.05, 4.69) is 4.99 Å². The van der Waals surface area contributed by atoms with Gasteiger partial charge in [0.05, 0.1) is 5.52 Å². The van der Waals surface area contributed by atoms with Crippen LogP contribution in [0.3, 0.4) is 0 Å². The molecule has 0 bridgehead atoms. The van der Waals surface area contributed by atoms with Gasteiger partial charge in [0.1, 0.15) is 11.3 Å². The number of fused-ring (bicyclic) bond motifs is 1. The van der Waals surface area contributed by atoms with Gasteiger partial charge in [-0.2, -0.15) is 0 Å². The Balaban J connectivity index is 2.78. The van der Waals surface area contributed by atoms with Crippen molar-refractivity contribution in [3.8, 4) is 5.75 Å². The Hall–Kier alpha value is -2.10. The molecule has 0 radical (unpaired) electrons. The highest BCUT2D eigenvalue weighted by Gasteiger charge is 2.16. The van der Waals surface area contributed by atoms with E-state index in [9.17, 15) is 9.90 Å². The molecule has 4 heteroatoms. The molecule has 0 fully saturated rings.